The van der Waals surface area contributed by atoms with Crippen LogP contribution < -0.4 is 10.1 Å². The lowest BCUT2D eigenvalue weighted by molar-refractivity contribution is -0.153. The molecule has 0 aromatic heterocycles. The lowest BCUT2D eigenvalue weighted by Crippen LogP contribution is -2.21. The molecule has 1 aromatic rings. The SMILES string of the molecule is FC(F)(F)COc1ccccc1CNC1CC1. The van der Waals surface area contributed by atoms with Crippen LogP contribution in [0.1, 0.15) is 18.4 Å². The number of alkyl halides is 3. The first-order chi connectivity index (χ1) is 8.04. The van der Waals surface area contributed by atoms with Gasteiger partial charge in [0.1, 0.15) is 5.75 Å². The lowest BCUT2D eigenvalue weighted by Gasteiger charge is -2.13. The van der Waals surface area contributed by atoms with E-state index < -0.39 is 12.8 Å². The normalized spacial score (nSPS) is 15.9. The zero-order valence-corrected chi connectivity index (χ0v) is 9.26. The number of para-hydroxylation sites is 1. The van der Waals surface area contributed by atoms with Gasteiger partial charge in [0, 0.05) is 18.2 Å². The minimum absolute atomic E-state index is 0.304. The number of rotatable bonds is 5. The highest BCUT2D eigenvalue weighted by Gasteiger charge is 2.28. The molecule has 0 radical (unpaired) electrons. The third-order valence-corrected chi connectivity index (χ3v) is 2.52. The predicted octanol–water partition coefficient (Wildman–Crippen LogP) is 2.88. The molecule has 1 aliphatic rings. The highest BCUT2D eigenvalue weighted by atomic mass is 19.4. The number of hydrogen-bond acceptors (Lipinski definition) is 2. The van der Waals surface area contributed by atoms with Crippen LogP contribution in [-0.4, -0.2) is 18.8 Å². The average Bonchev–Trinajstić information content (AvgIpc) is 3.07. The fraction of sp³-hybridized carbons (Fsp3) is 0.500. The van der Waals surface area contributed by atoms with Crippen molar-refractivity contribution in [2.75, 3.05) is 6.61 Å². The number of halogens is 3. The van der Waals surface area contributed by atoms with E-state index in [1.807, 2.05) is 0 Å². The maximum atomic E-state index is 12.1. The summed E-state index contributed by atoms with van der Waals surface area (Å²) in [6.45, 7) is -0.688. The van der Waals surface area contributed by atoms with Crippen molar-refractivity contribution in [2.45, 2.75) is 31.6 Å². The van der Waals surface area contributed by atoms with Gasteiger partial charge in [0.15, 0.2) is 6.61 Å². The molecule has 1 aromatic carbocycles. The molecule has 0 bridgehead atoms. The van der Waals surface area contributed by atoms with E-state index in [2.05, 4.69) is 5.32 Å². The Kier molecular flexibility index (Phi) is 3.57. The van der Waals surface area contributed by atoms with Crippen LogP contribution in [0.5, 0.6) is 5.75 Å². The molecule has 0 spiro atoms. The zero-order valence-electron chi connectivity index (χ0n) is 9.26. The van der Waals surface area contributed by atoms with E-state index in [0.717, 1.165) is 18.4 Å². The lowest BCUT2D eigenvalue weighted by atomic mass is 10.2. The van der Waals surface area contributed by atoms with Gasteiger partial charge in [-0.1, -0.05) is 18.2 Å². The maximum Gasteiger partial charge on any atom is 0.422 e. The maximum absolute atomic E-state index is 12.1. The third kappa shape index (κ3) is 4.26. The number of ether oxygens (including phenoxy) is 1. The monoisotopic (exact) mass is 245 g/mol. The molecule has 5 heteroatoms. The molecule has 1 saturated carbocycles. The van der Waals surface area contributed by atoms with E-state index in [0.29, 0.717) is 18.3 Å². The van der Waals surface area contributed by atoms with Gasteiger partial charge in [0.05, 0.1) is 0 Å². The number of nitrogens with one attached hydrogen (secondary N) is 1. The van der Waals surface area contributed by atoms with Gasteiger partial charge >= 0.3 is 6.18 Å². The Hall–Kier alpha value is -1.23. The fourth-order valence-corrected chi connectivity index (χ4v) is 1.49. The summed E-state index contributed by atoms with van der Waals surface area (Å²) in [5.74, 6) is 0.304. The number of hydrogen-bond donors (Lipinski definition) is 1. The second-order valence-corrected chi connectivity index (χ2v) is 4.17. The largest absolute Gasteiger partial charge is 0.484 e. The van der Waals surface area contributed by atoms with Crippen LogP contribution >= 0.6 is 0 Å². The first-order valence-corrected chi connectivity index (χ1v) is 5.55. The van der Waals surface area contributed by atoms with Crippen molar-refractivity contribution < 1.29 is 17.9 Å². The van der Waals surface area contributed by atoms with E-state index >= 15 is 0 Å². The van der Waals surface area contributed by atoms with Gasteiger partial charge < -0.3 is 10.1 Å². The van der Waals surface area contributed by atoms with Crippen LogP contribution in [-0.2, 0) is 6.54 Å². The Morgan fingerprint density at radius 1 is 1.24 bits per heavy atom. The minimum atomic E-state index is -4.29. The van der Waals surface area contributed by atoms with Crippen molar-refractivity contribution in [3.8, 4) is 5.75 Å². The molecule has 2 rings (SSSR count). The van der Waals surface area contributed by atoms with Gasteiger partial charge in [-0.25, -0.2) is 0 Å². The van der Waals surface area contributed by atoms with Gasteiger partial charge in [-0.15, -0.1) is 0 Å². The molecule has 0 heterocycles. The zero-order chi connectivity index (χ0) is 12.3. The standard InChI is InChI=1S/C12H14F3NO/c13-12(14,15)8-17-11-4-2-1-3-9(11)7-16-10-5-6-10/h1-4,10,16H,5-8H2. The molecule has 0 atom stereocenters. The van der Waals surface area contributed by atoms with E-state index in [-0.39, 0.29) is 0 Å². The highest BCUT2D eigenvalue weighted by molar-refractivity contribution is 5.33. The summed E-state index contributed by atoms with van der Waals surface area (Å²) in [7, 11) is 0. The Morgan fingerprint density at radius 3 is 2.59 bits per heavy atom. The van der Waals surface area contributed by atoms with E-state index in [4.69, 9.17) is 4.74 Å². The van der Waals surface area contributed by atoms with Crippen LogP contribution in [0.25, 0.3) is 0 Å². The molecule has 0 saturated heterocycles. The summed E-state index contributed by atoms with van der Waals surface area (Å²) >= 11 is 0. The Labute approximate surface area is 97.8 Å². The van der Waals surface area contributed by atoms with E-state index in [9.17, 15) is 13.2 Å². The molecule has 1 N–H and O–H groups in total. The van der Waals surface area contributed by atoms with Gasteiger partial charge in [-0.05, 0) is 18.9 Å². The van der Waals surface area contributed by atoms with Crippen molar-refractivity contribution in [1.29, 1.82) is 0 Å². The summed E-state index contributed by atoms with van der Waals surface area (Å²) in [6, 6.07) is 7.33. The van der Waals surface area contributed by atoms with Crippen molar-refractivity contribution in [1.82, 2.24) is 5.32 Å². The molecular weight excluding hydrogens is 231 g/mol. The highest BCUT2D eigenvalue weighted by Crippen LogP contribution is 2.24. The number of benzene rings is 1. The second-order valence-electron chi connectivity index (χ2n) is 4.17. The van der Waals surface area contributed by atoms with Crippen molar-refractivity contribution in [3.63, 3.8) is 0 Å². The first kappa shape index (κ1) is 12.2. The minimum Gasteiger partial charge on any atom is -0.484 e. The third-order valence-electron chi connectivity index (χ3n) is 2.52. The molecule has 2 nitrogen and oxygen atoms in total. The molecule has 17 heavy (non-hydrogen) atoms. The molecule has 0 unspecified atom stereocenters. The summed E-state index contributed by atoms with van der Waals surface area (Å²) in [5.41, 5.74) is 0.767. The molecule has 1 aliphatic carbocycles. The fourth-order valence-electron chi connectivity index (χ4n) is 1.49. The smallest absolute Gasteiger partial charge is 0.422 e. The molecular formula is C12H14F3NO. The van der Waals surface area contributed by atoms with E-state index in [1.165, 1.54) is 0 Å². The van der Waals surface area contributed by atoms with Gasteiger partial charge in [-0.3, -0.25) is 0 Å². The molecule has 0 aliphatic heterocycles. The van der Waals surface area contributed by atoms with Gasteiger partial charge in [0.25, 0.3) is 0 Å². The first-order valence-electron chi connectivity index (χ1n) is 5.55. The molecule has 94 valence electrons. The summed E-state index contributed by atoms with van der Waals surface area (Å²) in [6.07, 6.45) is -2.01. The summed E-state index contributed by atoms with van der Waals surface area (Å²) in [4.78, 5) is 0. The van der Waals surface area contributed by atoms with E-state index in [1.54, 1.807) is 24.3 Å². The Morgan fingerprint density at radius 2 is 1.94 bits per heavy atom. The van der Waals surface area contributed by atoms with Crippen LogP contribution in [0.2, 0.25) is 0 Å². The van der Waals surface area contributed by atoms with Crippen LogP contribution in [0.15, 0.2) is 24.3 Å². The Balaban J connectivity index is 1.94. The van der Waals surface area contributed by atoms with Gasteiger partial charge in [-0.2, -0.15) is 13.2 Å². The average molecular weight is 245 g/mol. The summed E-state index contributed by atoms with van der Waals surface area (Å²) in [5, 5.41) is 3.25. The van der Waals surface area contributed by atoms with Crippen molar-refractivity contribution >= 4 is 0 Å². The van der Waals surface area contributed by atoms with Crippen LogP contribution in [0.3, 0.4) is 0 Å². The van der Waals surface area contributed by atoms with Crippen LogP contribution in [0.4, 0.5) is 13.2 Å². The van der Waals surface area contributed by atoms with Crippen molar-refractivity contribution in [2.24, 2.45) is 0 Å². The van der Waals surface area contributed by atoms with Crippen molar-refractivity contribution in [3.05, 3.63) is 29.8 Å². The summed E-state index contributed by atoms with van der Waals surface area (Å²) < 4.78 is 41.0. The second kappa shape index (κ2) is 4.96. The molecule has 1 fully saturated rings. The predicted molar refractivity (Wildman–Crippen MR) is 57.9 cm³/mol. The molecule has 0 amide bonds. The van der Waals surface area contributed by atoms with Crippen LogP contribution in [0, 0.1) is 0 Å². The Bertz CT molecular complexity index is 374. The quantitative estimate of drug-likeness (QED) is 0.861. The van der Waals surface area contributed by atoms with Gasteiger partial charge in [0.2, 0.25) is 0 Å². The topological polar surface area (TPSA) is 21.3 Å².